The number of carbonyl (C=O) groups is 5. The van der Waals surface area contributed by atoms with E-state index in [1.165, 1.54) is 6.92 Å². The van der Waals surface area contributed by atoms with Crippen molar-refractivity contribution in [2.24, 2.45) is 5.73 Å². The van der Waals surface area contributed by atoms with Gasteiger partial charge in [-0.3, -0.25) is 19.2 Å². The second-order valence-electron chi connectivity index (χ2n) is 8.13. The van der Waals surface area contributed by atoms with Crippen LogP contribution in [0.4, 0.5) is 0 Å². The van der Waals surface area contributed by atoms with Crippen LogP contribution in [0.25, 0.3) is 10.9 Å². The minimum Gasteiger partial charge on any atom is -0.481 e. The third kappa shape index (κ3) is 7.49. The molecule has 0 aliphatic heterocycles. The number of nitrogens with one attached hydrogen (secondary N) is 4. The van der Waals surface area contributed by atoms with E-state index in [1.807, 2.05) is 0 Å². The number of para-hydroxylation sites is 1. The van der Waals surface area contributed by atoms with Crippen LogP contribution in [0, 0.1) is 0 Å². The molecule has 196 valence electrons. The average Bonchev–Trinajstić information content (AvgIpc) is 3.23. The molecule has 1 aromatic heterocycles. The summed E-state index contributed by atoms with van der Waals surface area (Å²) in [5, 5.41) is 44.4. The van der Waals surface area contributed by atoms with Gasteiger partial charge in [0, 0.05) is 23.5 Å². The highest BCUT2D eigenvalue weighted by atomic mass is 16.4. The molecule has 0 saturated carbocycles. The van der Waals surface area contributed by atoms with Gasteiger partial charge in [0.1, 0.15) is 24.2 Å². The lowest BCUT2D eigenvalue weighted by atomic mass is 10.0. The second-order valence-corrected chi connectivity index (χ2v) is 8.13. The highest BCUT2D eigenvalue weighted by Crippen LogP contribution is 2.19. The number of carbonyl (C=O) groups excluding carboxylic acids is 3. The molecule has 3 amide bonds. The van der Waals surface area contributed by atoms with Crippen molar-refractivity contribution in [3.8, 4) is 0 Å². The lowest BCUT2D eigenvalue weighted by molar-refractivity contribution is -0.144. The summed E-state index contributed by atoms with van der Waals surface area (Å²) in [5.74, 6) is -5.96. The Morgan fingerprint density at radius 1 is 0.944 bits per heavy atom. The van der Waals surface area contributed by atoms with Crippen LogP contribution in [-0.4, -0.2) is 91.9 Å². The van der Waals surface area contributed by atoms with Gasteiger partial charge in [-0.15, -0.1) is 0 Å². The van der Waals surface area contributed by atoms with Crippen molar-refractivity contribution >= 4 is 40.6 Å². The fraction of sp³-hybridized carbons (Fsp3) is 0.409. The van der Waals surface area contributed by atoms with Gasteiger partial charge in [0.05, 0.1) is 19.1 Å². The maximum atomic E-state index is 13.0. The van der Waals surface area contributed by atoms with Gasteiger partial charge >= 0.3 is 11.9 Å². The first-order valence-electron chi connectivity index (χ1n) is 10.9. The first-order valence-corrected chi connectivity index (χ1v) is 10.9. The molecule has 14 heteroatoms. The van der Waals surface area contributed by atoms with Crippen LogP contribution in [-0.2, 0) is 30.4 Å². The summed E-state index contributed by atoms with van der Waals surface area (Å²) < 4.78 is 0. The summed E-state index contributed by atoms with van der Waals surface area (Å²) >= 11 is 0. The van der Waals surface area contributed by atoms with E-state index in [1.54, 1.807) is 30.5 Å². The van der Waals surface area contributed by atoms with Gasteiger partial charge in [-0.1, -0.05) is 18.2 Å². The number of aliphatic hydroxyl groups is 2. The lowest BCUT2D eigenvalue weighted by Crippen LogP contribution is -2.59. The van der Waals surface area contributed by atoms with Crippen molar-refractivity contribution < 1.29 is 44.4 Å². The minimum absolute atomic E-state index is 0.139. The summed E-state index contributed by atoms with van der Waals surface area (Å²) in [6, 6.07) is 0.904. The lowest BCUT2D eigenvalue weighted by Gasteiger charge is -2.24. The fourth-order valence-electron chi connectivity index (χ4n) is 3.33. The normalized spacial score (nSPS) is 15.2. The van der Waals surface area contributed by atoms with Gasteiger partial charge in [-0.2, -0.15) is 0 Å². The molecule has 10 N–H and O–H groups in total. The number of benzene rings is 1. The molecule has 2 rings (SSSR count). The molecule has 1 heterocycles. The van der Waals surface area contributed by atoms with E-state index in [-0.39, 0.29) is 6.42 Å². The van der Waals surface area contributed by atoms with Crippen LogP contribution >= 0.6 is 0 Å². The van der Waals surface area contributed by atoms with E-state index in [9.17, 15) is 39.3 Å². The number of aliphatic hydroxyl groups excluding tert-OH is 2. The molecule has 0 aliphatic rings. The number of hydrogen-bond acceptors (Lipinski definition) is 8. The molecule has 36 heavy (non-hydrogen) atoms. The fourth-order valence-corrected chi connectivity index (χ4v) is 3.33. The predicted molar refractivity (Wildman–Crippen MR) is 124 cm³/mol. The Morgan fingerprint density at radius 2 is 1.53 bits per heavy atom. The molecular formula is C22H29N5O9. The first kappa shape index (κ1) is 28.2. The summed E-state index contributed by atoms with van der Waals surface area (Å²) in [7, 11) is 0. The average molecular weight is 508 g/mol. The van der Waals surface area contributed by atoms with Crippen molar-refractivity contribution in [2.45, 2.75) is 50.0 Å². The molecular weight excluding hydrogens is 478 g/mol. The molecule has 14 nitrogen and oxygen atoms in total. The molecule has 0 saturated heterocycles. The van der Waals surface area contributed by atoms with Crippen LogP contribution < -0.4 is 21.7 Å². The van der Waals surface area contributed by atoms with Gasteiger partial charge in [0.15, 0.2) is 0 Å². The molecule has 1 aromatic carbocycles. The Morgan fingerprint density at radius 3 is 2.11 bits per heavy atom. The zero-order valence-corrected chi connectivity index (χ0v) is 19.3. The minimum atomic E-state index is -1.66. The smallest absolute Gasteiger partial charge is 0.328 e. The molecule has 0 spiro atoms. The number of carboxylic acids is 2. The maximum absolute atomic E-state index is 13.0. The second kappa shape index (κ2) is 12.6. The van der Waals surface area contributed by atoms with Crippen LogP contribution in [0.1, 0.15) is 18.9 Å². The van der Waals surface area contributed by atoms with Crippen LogP contribution in [0.5, 0.6) is 0 Å². The Balaban J connectivity index is 2.32. The van der Waals surface area contributed by atoms with Crippen molar-refractivity contribution in [1.29, 1.82) is 0 Å². The van der Waals surface area contributed by atoms with Gasteiger partial charge in [-0.05, 0) is 18.6 Å². The Labute approximate surface area is 204 Å². The van der Waals surface area contributed by atoms with Gasteiger partial charge in [0.2, 0.25) is 17.7 Å². The standard InChI is InChI=1S/C22H29N5O9/c1-10(29)18(23)21(34)26-15(7-17(30)31)20(33)25-14(19(32)27-16(9-28)22(35)36)6-11-8-24-13-5-3-2-4-12(11)13/h2-5,8,10,14-16,18,24,28-29H,6-7,9,23H2,1H3,(H,25,33)(H,26,34)(H,27,32)(H,30,31)(H,35,36). The molecule has 0 aliphatic carbocycles. The zero-order valence-electron chi connectivity index (χ0n) is 19.3. The topological polar surface area (TPSA) is 244 Å². The molecule has 0 radical (unpaired) electrons. The van der Waals surface area contributed by atoms with Crippen LogP contribution in [0.15, 0.2) is 30.5 Å². The highest BCUT2D eigenvalue weighted by Gasteiger charge is 2.32. The summed E-state index contributed by atoms with van der Waals surface area (Å²) in [6.45, 7) is 0.321. The van der Waals surface area contributed by atoms with E-state index < -0.39 is 73.0 Å². The van der Waals surface area contributed by atoms with Crippen molar-refractivity contribution in [1.82, 2.24) is 20.9 Å². The van der Waals surface area contributed by atoms with Crippen molar-refractivity contribution in [3.63, 3.8) is 0 Å². The van der Waals surface area contributed by atoms with Crippen molar-refractivity contribution in [3.05, 3.63) is 36.0 Å². The third-order valence-corrected chi connectivity index (χ3v) is 5.36. The van der Waals surface area contributed by atoms with Gasteiger partial charge in [-0.25, -0.2) is 4.79 Å². The number of fused-ring (bicyclic) bond motifs is 1. The van der Waals surface area contributed by atoms with Gasteiger partial charge in [0.25, 0.3) is 0 Å². The Kier molecular flexibility index (Phi) is 9.90. The van der Waals surface area contributed by atoms with E-state index in [4.69, 9.17) is 10.8 Å². The number of aliphatic carboxylic acids is 2. The molecule has 5 atom stereocenters. The molecule has 0 fully saturated rings. The van der Waals surface area contributed by atoms with E-state index in [0.29, 0.717) is 5.56 Å². The number of amides is 3. The number of aromatic nitrogens is 1. The maximum Gasteiger partial charge on any atom is 0.328 e. The summed E-state index contributed by atoms with van der Waals surface area (Å²) in [6.07, 6.45) is -0.693. The zero-order chi connectivity index (χ0) is 27.0. The van der Waals surface area contributed by atoms with Crippen molar-refractivity contribution in [2.75, 3.05) is 6.61 Å². The van der Waals surface area contributed by atoms with E-state index >= 15 is 0 Å². The molecule has 0 bridgehead atoms. The largest absolute Gasteiger partial charge is 0.481 e. The summed E-state index contributed by atoms with van der Waals surface area (Å²) in [4.78, 5) is 63.6. The van der Waals surface area contributed by atoms with E-state index in [2.05, 4.69) is 20.9 Å². The SMILES string of the molecule is CC(O)C(N)C(=O)NC(CC(=O)O)C(=O)NC(Cc1c[nH]c2ccccc12)C(=O)NC(CO)C(=O)O. The quantitative estimate of drug-likeness (QED) is 0.137. The first-order chi connectivity index (χ1) is 16.9. The number of carboxylic acid groups (broad SMARTS) is 2. The monoisotopic (exact) mass is 507 g/mol. The number of hydrogen-bond donors (Lipinski definition) is 9. The number of nitrogens with two attached hydrogens (primary N) is 1. The summed E-state index contributed by atoms with van der Waals surface area (Å²) in [5.41, 5.74) is 6.86. The molecule has 5 unspecified atom stereocenters. The van der Waals surface area contributed by atoms with E-state index in [0.717, 1.165) is 10.9 Å². The molecule has 2 aromatic rings. The third-order valence-electron chi connectivity index (χ3n) is 5.36. The predicted octanol–water partition coefficient (Wildman–Crippen LogP) is -2.58. The highest BCUT2D eigenvalue weighted by molar-refractivity contribution is 5.96. The number of rotatable bonds is 13. The Bertz CT molecular complexity index is 1120. The number of aromatic amines is 1. The number of H-pyrrole nitrogens is 1. The van der Waals surface area contributed by atoms with Crippen LogP contribution in [0.2, 0.25) is 0 Å². The van der Waals surface area contributed by atoms with Gasteiger partial charge < -0.3 is 47.1 Å². The Hall–Kier alpha value is -4.01. The van der Waals surface area contributed by atoms with Crippen LogP contribution in [0.3, 0.4) is 0 Å².